The Hall–Kier alpha value is -2.11. The van der Waals surface area contributed by atoms with Crippen LogP contribution in [0.3, 0.4) is 0 Å². The highest BCUT2D eigenvalue weighted by molar-refractivity contribution is 7.99. The molecule has 0 atom stereocenters. The quantitative estimate of drug-likeness (QED) is 0.454. The minimum atomic E-state index is -0.444. The highest BCUT2D eigenvalue weighted by atomic mass is 35.5. The van der Waals surface area contributed by atoms with E-state index in [4.69, 9.17) is 11.6 Å². The van der Waals surface area contributed by atoms with Gasteiger partial charge >= 0.3 is 0 Å². The smallest absolute Gasteiger partial charge is 0.266 e. The molecule has 0 amide bonds. The van der Waals surface area contributed by atoms with Crippen LogP contribution in [0.1, 0.15) is 26.3 Å². The van der Waals surface area contributed by atoms with Gasteiger partial charge in [-0.05, 0) is 36.8 Å². The Bertz CT molecular complexity index is 1080. The Morgan fingerprint density at radius 3 is 2.56 bits per heavy atom. The molecule has 4 nitrogen and oxygen atoms in total. The maximum atomic E-state index is 13.2. The van der Waals surface area contributed by atoms with Crippen LogP contribution in [0.15, 0.2) is 52.4 Å². The summed E-state index contributed by atoms with van der Waals surface area (Å²) in [5, 5.41) is 1.60. The normalized spacial score (nSPS) is 11.7. The molecule has 0 unspecified atom stereocenters. The molecule has 6 heteroatoms. The molecule has 0 aliphatic carbocycles. The van der Waals surface area contributed by atoms with Gasteiger partial charge in [0.2, 0.25) is 0 Å². The lowest BCUT2D eigenvalue weighted by Crippen LogP contribution is -2.25. The molecule has 0 aliphatic heterocycles. The van der Waals surface area contributed by atoms with Gasteiger partial charge in [-0.2, -0.15) is 0 Å². The zero-order chi connectivity index (χ0) is 19.8. The molecule has 1 heterocycles. The van der Waals surface area contributed by atoms with Crippen molar-refractivity contribution >= 4 is 40.0 Å². The number of para-hydroxylation sites is 1. The molecular formula is C21H21ClN2O2S. The summed E-state index contributed by atoms with van der Waals surface area (Å²) in [5.41, 5.74) is 1.47. The summed E-state index contributed by atoms with van der Waals surface area (Å²) in [6.07, 6.45) is 0. The van der Waals surface area contributed by atoms with Gasteiger partial charge in [0.15, 0.2) is 5.16 Å². The van der Waals surface area contributed by atoms with Crippen molar-refractivity contribution in [1.29, 1.82) is 0 Å². The van der Waals surface area contributed by atoms with E-state index in [0.717, 1.165) is 5.56 Å². The first kappa shape index (κ1) is 19.6. The van der Waals surface area contributed by atoms with Gasteiger partial charge in [0.25, 0.3) is 5.56 Å². The number of halogens is 1. The number of rotatable bonds is 4. The van der Waals surface area contributed by atoms with Crippen molar-refractivity contribution < 1.29 is 4.79 Å². The zero-order valence-corrected chi connectivity index (χ0v) is 17.3. The molecule has 140 valence electrons. The Morgan fingerprint density at radius 1 is 1.15 bits per heavy atom. The molecule has 3 aromatic rings. The number of carbonyl (C=O) groups excluding carboxylic acids is 1. The fourth-order valence-corrected chi connectivity index (χ4v) is 3.94. The van der Waals surface area contributed by atoms with Gasteiger partial charge < -0.3 is 0 Å². The average molecular weight is 401 g/mol. The van der Waals surface area contributed by atoms with Crippen molar-refractivity contribution in [2.45, 2.75) is 32.9 Å². The van der Waals surface area contributed by atoms with Crippen LogP contribution in [-0.2, 0) is 4.79 Å². The molecular weight excluding hydrogens is 380 g/mol. The molecule has 0 spiro atoms. The van der Waals surface area contributed by atoms with Gasteiger partial charge in [0.05, 0.1) is 22.3 Å². The Labute approximate surface area is 167 Å². The minimum Gasteiger partial charge on any atom is -0.298 e. The molecule has 0 radical (unpaired) electrons. The number of thioether (sulfide) groups is 1. The van der Waals surface area contributed by atoms with E-state index in [1.807, 2.05) is 52.0 Å². The van der Waals surface area contributed by atoms with Gasteiger partial charge in [-0.25, -0.2) is 4.98 Å². The number of fused-ring (bicyclic) bond motifs is 1. The molecule has 0 saturated heterocycles. The van der Waals surface area contributed by atoms with E-state index in [9.17, 15) is 9.59 Å². The summed E-state index contributed by atoms with van der Waals surface area (Å²) in [6.45, 7) is 7.53. The van der Waals surface area contributed by atoms with Gasteiger partial charge in [0, 0.05) is 10.4 Å². The second-order valence-corrected chi connectivity index (χ2v) is 8.75. The lowest BCUT2D eigenvalue weighted by atomic mass is 9.92. The van der Waals surface area contributed by atoms with Crippen LogP contribution in [0.4, 0.5) is 0 Å². The maximum Gasteiger partial charge on any atom is 0.266 e. The number of ketones is 1. The van der Waals surface area contributed by atoms with Crippen LogP contribution in [0.5, 0.6) is 0 Å². The minimum absolute atomic E-state index is 0.101. The number of carbonyl (C=O) groups is 1. The molecule has 0 aliphatic rings. The van der Waals surface area contributed by atoms with Crippen molar-refractivity contribution in [3.05, 3.63) is 63.4 Å². The number of hydrogen-bond acceptors (Lipinski definition) is 4. The van der Waals surface area contributed by atoms with Crippen LogP contribution >= 0.6 is 23.4 Å². The fourth-order valence-electron chi connectivity index (χ4n) is 2.61. The number of aromatic nitrogens is 2. The van der Waals surface area contributed by atoms with Gasteiger partial charge in [-0.1, -0.05) is 62.3 Å². The average Bonchev–Trinajstić information content (AvgIpc) is 2.62. The monoisotopic (exact) mass is 400 g/mol. The van der Waals surface area contributed by atoms with Crippen LogP contribution in [0.2, 0.25) is 5.02 Å². The first-order valence-electron chi connectivity index (χ1n) is 8.63. The first-order valence-corrected chi connectivity index (χ1v) is 10.00. The van der Waals surface area contributed by atoms with E-state index in [-0.39, 0.29) is 17.1 Å². The van der Waals surface area contributed by atoms with E-state index in [1.54, 1.807) is 22.8 Å². The summed E-state index contributed by atoms with van der Waals surface area (Å²) in [7, 11) is 0. The number of benzene rings is 2. The fraction of sp³-hybridized carbons (Fsp3) is 0.286. The van der Waals surface area contributed by atoms with Crippen LogP contribution in [0, 0.1) is 12.3 Å². The predicted molar refractivity (Wildman–Crippen MR) is 112 cm³/mol. The number of Topliss-reactive ketones (excluding diaryl/α,β-unsaturated/α-hetero) is 1. The van der Waals surface area contributed by atoms with Crippen molar-refractivity contribution in [3.8, 4) is 5.69 Å². The van der Waals surface area contributed by atoms with Crippen molar-refractivity contribution in [1.82, 2.24) is 9.55 Å². The highest BCUT2D eigenvalue weighted by Gasteiger charge is 2.23. The molecule has 1 aromatic heterocycles. The molecule has 0 N–H and O–H groups in total. The Morgan fingerprint density at radius 2 is 1.85 bits per heavy atom. The van der Waals surface area contributed by atoms with Gasteiger partial charge in [0.1, 0.15) is 5.78 Å². The molecule has 0 fully saturated rings. The standard InChI is InChI=1S/C21H21ClN2O2S/c1-13-15(22)9-7-11-17(13)24-19(26)14-8-5-6-10-16(14)23-20(24)27-12-18(25)21(2,3)4/h5-11H,12H2,1-4H3. The summed E-state index contributed by atoms with van der Waals surface area (Å²) >= 11 is 7.56. The predicted octanol–water partition coefficient (Wildman–Crippen LogP) is 5.05. The second-order valence-electron chi connectivity index (χ2n) is 7.40. The van der Waals surface area contributed by atoms with Crippen LogP contribution in [0.25, 0.3) is 16.6 Å². The zero-order valence-electron chi connectivity index (χ0n) is 15.7. The van der Waals surface area contributed by atoms with Gasteiger partial charge in [-0.15, -0.1) is 0 Å². The molecule has 2 aromatic carbocycles. The third kappa shape index (κ3) is 3.94. The maximum absolute atomic E-state index is 13.2. The summed E-state index contributed by atoms with van der Waals surface area (Å²) in [5.74, 6) is 0.345. The lowest BCUT2D eigenvalue weighted by molar-refractivity contribution is -0.123. The summed E-state index contributed by atoms with van der Waals surface area (Å²) < 4.78 is 1.56. The van der Waals surface area contributed by atoms with Crippen LogP contribution < -0.4 is 5.56 Å². The van der Waals surface area contributed by atoms with E-state index in [0.29, 0.717) is 26.8 Å². The van der Waals surface area contributed by atoms with Crippen molar-refractivity contribution in [3.63, 3.8) is 0 Å². The first-order chi connectivity index (χ1) is 12.7. The SMILES string of the molecule is Cc1c(Cl)cccc1-n1c(SCC(=O)C(C)(C)C)nc2ccccc2c1=O. The summed E-state index contributed by atoms with van der Waals surface area (Å²) in [6, 6.07) is 12.7. The molecule has 27 heavy (non-hydrogen) atoms. The topological polar surface area (TPSA) is 52.0 Å². The highest BCUT2D eigenvalue weighted by Crippen LogP contribution is 2.28. The second kappa shape index (κ2) is 7.49. The third-order valence-corrected chi connectivity index (χ3v) is 5.74. The van der Waals surface area contributed by atoms with Crippen molar-refractivity contribution in [2.24, 2.45) is 5.41 Å². The van der Waals surface area contributed by atoms with Gasteiger partial charge in [-0.3, -0.25) is 14.2 Å². The van der Waals surface area contributed by atoms with E-state index in [1.165, 1.54) is 11.8 Å². The summed E-state index contributed by atoms with van der Waals surface area (Å²) in [4.78, 5) is 30.3. The van der Waals surface area contributed by atoms with E-state index < -0.39 is 5.41 Å². The molecule has 0 saturated carbocycles. The molecule has 0 bridgehead atoms. The van der Waals surface area contributed by atoms with E-state index in [2.05, 4.69) is 4.98 Å². The molecule has 3 rings (SSSR count). The van der Waals surface area contributed by atoms with Crippen LogP contribution in [-0.4, -0.2) is 21.1 Å². The number of hydrogen-bond donors (Lipinski definition) is 0. The third-order valence-electron chi connectivity index (χ3n) is 4.39. The van der Waals surface area contributed by atoms with Crippen molar-refractivity contribution in [2.75, 3.05) is 5.75 Å². The number of nitrogens with zero attached hydrogens (tertiary/aromatic N) is 2. The van der Waals surface area contributed by atoms with E-state index >= 15 is 0 Å². The lowest BCUT2D eigenvalue weighted by Gasteiger charge is -2.18. The largest absolute Gasteiger partial charge is 0.298 e. The Balaban J connectivity index is 2.20. The Kier molecular flexibility index (Phi) is 5.45.